The van der Waals surface area contributed by atoms with Crippen LogP contribution in [0.25, 0.3) is 0 Å². The summed E-state index contributed by atoms with van der Waals surface area (Å²) in [6.07, 6.45) is 31.9. The lowest BCUT2D eigenvalue weighted by Gasteiger charge is -2.48. The van der Waals surface area contributed by atoms with Gasteiger partial charge in [-0.15, -0.1) is 0 Å². The van der Waals surface area contributed by atoms with Gasteiger partial charge in [0.05, 0.1) is 38.6 Å². The van der Waals surface area contributed by atoms with Crippen molar-refractivity contribution in [3.05, 3.63) is 72.9 Å². The van der Waals surface area contributed by atoms with Gasteiger partial charge in [0.15, 0.2) is 18.9 Å². The number of hydrogen-bond acceptors (Lipinski definition) is 18. The van der Waals surface area contributed by atoms with E-state index >= 15 is 0 Å². The molecule has 0 aromatic carbocycles. The fraction of sp³-hybridized carbons (Fsp3) is 0.803. The molecule has 0 spiro atoms. The molecule has 3 rings (SSSR count). The monoisotopic (exact) mass is 1210 g/mol. The van der Waals surface area contributed by atoms with E-state index in [2.05, 4.69) is 79.9 Å². The van der Waals surface area contributed by atoms with E-state index in [1.807, 2.05) is 6.08 Å². The lowest BCUT2D eigenvalue weighted by molar-refractivity contribution is -0.379. The Morgan fingerprint density at radius 3 is 1.32 bits per heavy atom. The second-order valence-electron chi connectivity index (χ2n) is 23.2. The Morgan fingerprint density at radius 1 is 0.435 bits per heavy atom. The molecule has 0 bridgehead atoms. The minimum Gasteiger partial charge on any atom is -0.394 e. The SMILES string of the molecule is CC/C=C\C/C=C\C/C=C\CCCCCC(=O)NC(COC1OC(CO)C(OC2OC(CO)C(OC3OC(CO)C(O)C(O)C3O)C(O)C2O)C(O)C1O)C(O)/C=C/CC/C=C/CC/C=C/CCCCCCCCCCCCCCCCCCC. The van der Waals surface area contributed by atoms with Gasteiger partial charge in [-0.25, -0.2) is 0 Å². The van der Waals surface area contributed by atoms with Crippen molar-refractivity contribution in [1.82, 2.24) is 5.32 Å². The minimum absolute atomic E-state index is 0.193. The first-order valence-electron chi connectivity index (χ1n) is 32.7. The van der Waals surface area contributed by atoms with Crippen molar-refractivity contribution < 1.29 is 89.4 Å². The van der Waals surface area contributed by atoms with Gasteiger partial charge in [0.25, 0.3) is 0 Å². The molecule has 3 saturated heterocycles. The van der Waals surface area contributed by atoms with Crippen molar-refractivity contribution >= 4 is 5.91 Å². The van der Waals surface area contributed by atoms with Gasteiger partial charge in [-0.3, -0.25) is 4.79 Å². The van der Waals surface area contributed by atoms with Crippen LogP contribution in [-0.4, -0.2) is 193 Å². The Hall–Kier alpha value is -2.77. The number of ether oxygens (including phenoxy) is 6. The average molecular weight is 1210 g/mol. The molecule has 3 aliphatic heterocycles. The largest absolute Gasteiger partial charge is 0.394 e. The second kappa shape index (κ2) is 48.1. The molecule has 3 heterocycles. The molecule has 12 N–H and O–H groups in total. The minimum atomic E-state index is -1.99. The molecule has 1 amide bonds. The third kappa shape index (κ3) is 31.0. The molecule has 17 atom stereocenters. The van der Waals surface area contributed by atoms with E-state index in [-0.39, 0.29) is 18.9 Å². The van der Waals surface area contributed by atoms with Crippen LogP contribution in [0.5, 0.6) is 0 Å². The van der Waals surface area contributed by atoms with Gasteiger partial charge in [0.1, 0.15) is 73.2 Å². The van der Waals surface area contributed by atoms with E-state index < -0.39 is 124 Å². The maximum absolute atomic E-state index is 13.3. The first-order valence-corrected chi connectivity index (χ1v) is 32.7. The summed E-state index contributed by atoms with van der Waals surface area (Å²) < 4.78 is 34.2. The van der Waals surface area contributed by atoms with Crippen LogP contribution < -0.4 is 5.32 Å². The number of carbonyl (C=O) groups excluding carboxylic acids is 1. The zero-order valence-electron chi connectivity index (χ0n) is 51.6. The lowest BCUT2D eigenvalue weighted by Crippen LogP contribution is -2.66. The Morgan fingerprint density at radius 2 is 0.824 bits per heavy atom. The summed E-state index contributed by atoms with van der Waals surface area (Å²) in [4.78, 5) is 13.3. The van der Waals surface area contributed by atoms with Crippen LogP contribution in [0.3, 0.4) is 0 Å². The molecule has 0 saturated carbocycles. The fourth-order valence-electron chi connectivity index (χ4n) is 10.6. The van der Waals surface area contributed by atoms with Crippen molar-refractivity contribution in [2.45, 2.75) is 311 Å². The molecular formula is C66H115NO18. The number of aliphatic hydroxyl groups is 11. The number of amides is 1. The topological polar surface area (TPSA) is 307 Å². The predicted molar refractivity (Wildman–Crippen MR) is 328 cm³/mol. The van der Waals surface area contributed by atoms with Crippen LogP contribution in [0, 0.1) is 0 Å². The van der Waals surface area contributed by atoms with Gasteiger partial charge in [0, 0.05) is 6.42 Å². The molecule has 19 nitrogen and oxygen atoms in total. The van der Waals surface area contributed by atoms with Crippen molar-refractivity contribution in [3.8, 4) is 0 Å². The van der Waals surface area contributed by atoms with Gasteiger partial charge >= 0.3 is 0 Å². The normalized spacial score (nSPS) is 29.4. The van der Waals surface area contributed by atoms with E-state index in [1.54, 1.807) is 6.08 Å². The summed E-state index contributed by atoms with van der Waals surface area (Å²) in [5.74, 6) is -0.321. The summed E-state index contributed by atoms with van der Waals surface area (Å²) in [7, 11) is 0. The smallest absolute Gasteiger partial charge is 0.220 e. The first-order chi connectivity index (χ1) is 41.3. The van der Waals surface area contributed by atoms with Crippen molar-refractivity contribution in [3.63, 3.8) is 0 Å². The fourth-order valence-corrected chi connectivity index (χ4v) is 10.6. The molecule has 492 valence electrons. The van der Waals surface area contributed by atoms with Crippen LogP contribution in [0.4, 0.5) is 0 Å². The lowest BCUT2D eigenvalue weighted by atomic mass is 9.96. The number of hydrogen-bond donors (Lipinski definition) is 12. The Labute approximate surface area is 508 Å². The Balaban J connectivity index is 1.46. The molecule has 3 aliphatic rings. The standard InChI is InChI=1S/C66H115NO18/c1-3-5-7-9-11-13-15-17-18-19-20-21-22-23-24-25-26-27-28-29-30-32-33-35-37-39-41-43-50(71)49(67-54(72)44-42-40-38-36-34-31-16-14-12-10-8-6-4-2)48-80-64-60(78)57(75)62(52(46-69)82-64)85-66-61(79)58(76)63(53(47-70)83-66)84-65-59(77)56(74)55(73)51(45-68)81-65/h6,8,12,14,28-29,31,33-35,41,43,49-53,55-66,68-71,73-79H,3-5,7,9-11,13,15-27,30,32,36-40,42,44-48H2,1-2H3,(H,67,72)/b8-6-,14-12-,29-28+,34-31-,35-33+,43-41+. The zero-order chi connectivity index (χ0) is 61.9. The van der Waals surface area contributed by atoms with Gasteiger partial charge in [0.2, 0.25) is 5.91 Å². The summed E-state index contributed by atoms with van der Waals surface area (Å²) in [6, 6.07) is -1.01. The Kier molecular flexibility index (Phi) is 43.3. The van der Waals surface area contributed by atoms with E-state index in [0.29, 0.717) is 12.8 Å². The molecule has 85 heavy (non-hydrogen) atoms. The second-order valence-corrected chi connectivity index (χ2v) is 23.2. The summed E-state index contributed by atoms with van der Waals surface area (Å²) >= 11 is 0. The van der Waals surface area contributed by atoms with Crippen molar-refractivity contribution in [2.75, 3.05) is 26.4 Å². The number of rotatable bonds is 48. The molecule has 3 fully saturated rings. The third-order valence-electron chi connectivity index (χ3n) is 16.0. The van der Waals surface area contributed by atoms with Crippen LogP contribution >= 0.6 is 0 Å². The van der Waals surface area contributed by atoms with E-state index in [0.717, 1.165) is 64.2 Å². The van der Waals surface area contributed by atoms with E-state index in [9.17, 15) is 61.0 Å². The van der Waals surface area contributed by atoms with Gasteiger partial charge in [-0.2, -0.15) is 0 Å². The number of nitrogens with one attached hydrogen (secondary N) is 1. The average Bonchev–Trinajstić information content (AvgIpc) is 3.60. The van der Waals surface area contributed by atoms with E-state index in [4.69, 9.17) is 28.4 Å². The molecule has 0 aromatic heterocycles. The highest BCUT2D eigenvalue weighted by Crippen LogP contribution is 2.33. The number of allylic oxidation sites excluding steroid dienone is 11. The van der Waals surface area contributed by atoms with Crippen LogP contribution in [0.15, 0.2) is 72.9 Å². The molecule has 0 aliphatic carbocycles. The van der Waals surface area contributed by atoms with Crippen LogP contribution in [0.1, 0.15) is 206 Å². The molecule has 0 aromatic rings. The maximum Gasteiger partial charge on any atom is 0.220 e. The number of carbonyl (C=O) groups is 1. The van der Waals surface area contributed by atoms with Crippen LogP contribution in [0.2, 0.25) is 0 Å². The van der Waals surface area contributed by atoms with Crippen molar-refractivity contribution in [2.24, 2.45) is 0 Å². The zero-order valence-corrected chi connectivity index (χ0v) is 51.6. The highest BCUT2D eigenvalue weighted by atomic mass is 16.8. The van der Waals surface area contributed by atoms with Gasteiger partial charge in [-0.05, 0) is 77.0 Å². The van der Waals surface area contributed by atoms with Crippen molar-refractivity contribution in [1.29, 1.82) is 0 Å². The highest BCUT2D eigenvalue weighted by molar-refractivity contribution is 5.76. The Bertz CT molecular complexity index is 1830. The summed E-state index contributed by atoms with van der Waals surface area (Å²) in [6.45, 7) is 1.55. The number of aliphatic hydroxyl groups excluding tert-OH is 11. The maximum atomic E-state index is 13.3. The first kappa shape index (κ1) is 76.5. The molecule has 19 heteroatoms. The van der Waals surface area contributed by atoms with E-state index in [1.165, 1.54) is 109 Å². The molecular weight excluding hydrogens is 1090 g/mol. The predicted octanol–water partition coefficient (Wildman–Crippen LogP) is 7.38. The van der Waals surface area contributed by atoms with Gasteiger partial charge in [-0.1, -0.05) is 196 Å². The molecule has 17 unspecified atom stereocenters. The quantitative estimate of drug-likeness (QED) is 0.0209. The summed E-state index contributed by atoms with van der Waals surface area (Å²) in [5, 5.41) is 120. The van der Waals surface area contributed by atoms with Crippen LogP contribution in [-0.2, 0) is 33.2 Å². The molecule has 0 radical (unpaired) electrons. The van der Waals surface area contributed by atoms with Gasteiger partial charge < -0.3 is 89.9 Å². The number of unbranched alkanes of at least 4 members (excludes halogenated alkanes) is 22. The third-order valence-corrected chi connectivity index (χ3v) is 16.0. The highest BCUT2D eigenvalue weighted by Gasteiger charge is 2.53. The summed E-state index contributed by atoms with van der Waals surface area (Å²) in [5.41, 5.74) is 0.